The summed E-state index contributed by atoms with van der Waals surface area (Å²) in [5, 5.41) is 3.33. The first-order chi connectivity index (χ1) is 16.5. The van der Waals surface area contributed by atoms with Gasteiger partial charge in [0.05, 0.1) is 11.9 Å². The normalized spacial score (nSPS) is 12.3. The van der Waals surface area contributed by atoms with Gasteiger partial charge in [0.15, 0.2) is 0 Å². The number of anilines is 1. The van der Waals surface area contributed by atoms with Crippen LogP contribution in [0.5, 0.6) is 0 Å². The summed E-state index contributed by atoms with van der Waals surface area (Å²) in [4.78, 5) is 27.5. The Morgan fingerprint density at radius 1 is 1.00 bits per heavy atom. The maximum Gasteiger partial charge on any atom is 0.242 e. The third kappa shape index (κ3) is 9.53. The smallest absolute Gasteiger partial charge is 0.242 e. The number of carbonyl (C=O) groups excluding carboxylic acids is 2. The van der Waals surface area contributed by atoms with Gasteiger partial charge in [-0.1, -0.05) is 61.8 Å². The molecule has 2 rings (SSSR count). The molecule has 0 spiro atoms. The minimum atomic E-state index is -3.56. The fourth-order valence-electron chi connectivity index (χ4n) is 3.66. The summed E-state index contributed by atoms with van der Waals surface area (Å²) in [6, 6.07) is 15.8. The molecular weight excluding hydrogens is 486 g/mol. The number of benzene rings is 2. The van der Waals surface area contributed by atoms with Crippen molar-refractivity contribution in [3.63, 3.8) is 0 Å². The maximum absolute atomic E-state index is 13.2. The highest BCUT2D eigenvalue weighted by molar-refractivity contribution is 7.92. The second kappa shape index (κ2) is 13.5. The Bertz CT molecular complexity index is 1080. The van der Waals surface area contributed by atoms with Crippen LogP contribution < -0.4 is 9.62 Å². The third-order valence-electron chi connectivity index (χ3n) is 5.58. The summed E-state index contributed by atoms with van der Waals surface area (Å²) in [5.74, 6) is -0.0856. The van der Waals surface area contributed by atoms with Gasteiger partial charge in [0.2, 0.25) is 21.8 Å². The molecule has 0 aromatic heterocycles. The molecule has 7 nitrogen and oxygen atoms in total. The molecule has 0 aliphatic rings. The maximum atomic E-state index is 13.2. The molecular formula is C26H36ClN3O4S. The van der Waals surface area contributed by atoms with Crippen molar-refractivity contribution < 1.29 is 18.0 Å². The van der Waals surface area contributed by atoms with Crippen molar-refractivity contribution >= 4 is 39.1 Å². The first kappa shape index (κ1) is 28.7. The van der Waals surface area contributed by atoms with Gasteiger partial charge in [0.25, 0.3) is 0 Å². The van der Waals surface area contributed by atoms with Gasteiger partial charge in [-0.15, -0.1) is 0 Å². The summed E-state index contributed by atoms with van der Waals surface area (Å²) < 4.78 is 26.0. The molecule has 0 unspecified atom stereocenters. The van der Waals surface area contributed by atoms with E-state index in [1.165, 1.54) is 4.31 Å². The summed E-state index contributed by atoms with van der Waals surface area (Å²) in [6.45, 7) is 6.81. The molecule has 0 saturated heterocycles. The highest BCUT2D eigenvalue weighted by Crippen LogP contribution is 2.22. The van der Waals surface area contributed by atoms with Crippen molar-refractivity contribution in [2.45, 2.75) is 46.1 Å². The van der Waals surface area contributed by atoms with Crippen LogP contribution in [0.2, 0.25) is 5.02 Å². The van der Waals surface area contributed by atoms with Gasteiger partial charge in [0, 0.05) is 31.1 Å². The lowest BCUT2D eigenvalue weighted by Gasteiger charge is -2.29. The number of carbonyl (C=O) groups is 2. The van der Waals surface area contributed by atoms with Crippen molar-refractivity contribution in [1.29, 1.82) is 0 Å². The van der Waals surface area contributed by atoms with Gasteiger partial charge in [-0.2, -0.15) is 0 Å². The zero-order chi connectivity index (χ0) is 26.0. The summed E-state index contributed by atoms with van der Waals surface area (Å²) >= 11 is 6.04. The van der Waals surface area contributed by atoms with E-state index in [1.54, 1.807) is 36.1 Å². The van der Waals surface area contributed by atoms with Gasteiger partial charge in [-0.05, 0) is 49.4 Å². The minimum absolute atomic E-state index is 0.114. The number of amides is 2. The van der Waals surface area contributed by atoms with E-state index < -0.39 is 16.1 Å². The number of halogens is 1. The predicted octanol–water partition coefficient (Wildman–Crippen LogP) is 4.12. The Morgan fingerprint density at radius 3 is 2.29 bits per heavy atom. The number of rotatable bonds is 13. The molecule has 0 aliphatic heterocycles. The summed E-state index contributed by atoms with van der Waals surface area (Å²) in [7, 11) is -3.56. The highest BCUT2D eigenvalue weighted by Gasteiger charge is 2.26. The Hall–Kier alpha value is -2.58. The molecule has 2 aromatic carbocycles. The average molecular weight is 522 g/mol. The van der Waals surface area contributed by atoms with Gasteiger partial charge < -0.3 is 10.2 Å². The minimum Gasteiger partial charge on any atom is -0.354 e. The lowest BCUT2D eigenvalue weighted by atomic mass is 10.1. The second-order valence-electron chi connectivity index (χ2n) is 9.06. The molecule has 1 atom stereocenters. The summed E-state index contributed by atoms with van der Waals surface area (Å²) in [5.41, 5.74) is 1.53. The van der Waals surface area contributed by atoms with Crippen molar-refractivity contribution in [1.82, 2.24) is 10.2 Å². The van der Waals surface area contributed by atoms with Crippen molar-refractivity contribution in [2.75, 3.05) is 30.2 Å². The van der Waals surface area contributed by atoms with Crippen molar-refractivity contribution in [2.24, 2.45) is 5.92 Å². The number of hydrogen-bond donors (Lipinski definition) is 1. The van der Waals surface area contributed by atoms with Gasteiger partial charge in [0.1, 0.15) is 6.04 Å². The summed E-state index contributed by atoms with van der Waals surface area (Å²) in [6.07, 6.45) is 2.17. The predicted molar refractivity (Wildman–Crippen MR) is 142 cm³/mol. The topological polar surface area (TPSA) is 86.8 Å². The molecule has 0 saturated carbocycles. The Balaban J connectivity index is 2.10. The van der Waals surface area contributed by atoms with Crippen molar-refractivity contribution in [3.8, 4) is 0 Å². The van der Waals surface area contributed by atoms with E-state index in [0.717, 1.165) is 11.8 Å². The highest BCUT2D eigenvalue weighted by atomic mass is 35.5. The van der Waals surface area contributed by atoms with E-state index in [-0.39, 0.29) is 24.8 Å². The lowest BCUT2D eigenvalue weighted by Crippen LogP contribution is -2.49. The standard InChI is InChI=1S/C26H36ClN3O4S/c1-20(2)19-28-26(32)21(3)29(17-15-22-10-6-5-7-11-22)25(31)14-9-16-30(35(4,33)34)24-13-8-12-23(27)18-24/h5-8,10-13,18,20-21H,9,14-17,19H2,1-4H3,(H,28,32)/t21-/m0/s1. The average Bonchev–Trinajstić information content (AvgIpc) is 2.80. The van der Waals surface area contributed by atoms with Crippen LogP contribution in [0.1, 0.15) is 39.2 Å². The lowest BCUT2D eigenvalue weighted by molar-refractivity contribution is -0.140. The van der Waals surface area contributed by atoms with Crippen LogP contribution in [0.4, 0.5) is 5.69 Å². The Morgan fingerprint density at radius 2 is 1.69 bits per heavy atom. The molecule has 0 aliphatic carbocycles. The van der Waals surface area contributed by atoms with E-state index in [4.69, 9.17) is 11.6 Å². The molecule has 1 N–H and O–H groups in total. The van der Waals surface area contributed by atoms with Crippen molar-refractivity contribution in [3.05, 3.63) is 65.2 Å². The molecule has 0 bridgehead atoms. The largest absolute Gasteiger partial charge is 0.354 e. The van der Waals surface area contributed by atoms with Crippen LogP contribution in [-0.4, -0.2) is 57.1 Å². The fourth-order valence-corrected chi connectivity index (χ4v) is 4.80. The van der Waals surface area contributed by atoms with Crippen LogP contribution in [0.15, 0.2) is 54.6 Å². The van der Waals surface area contributed by atoms with E-state index in [0.29, 0.717) is 42.6 Å². The molecule has 35 heavy (non-hydrogen) atoms. The van der Waals surface area contributed by atoms with E-state index in [9.17, 15) is 18.0 Å². The van der Waals surface area contributed by atoms with E-state index >= 15 is 0 Å². The molecule has 0 heterocycles. The molecule has 2 amide bonds. The van der Waals surface area contributed by atoms with Crippen LogP contribution >= 0.6 is 11.6 Å². The van der Waals surface area contributed by atoms with Crippen LogP contribution in [0.3, 0.4) is 0 Å². The first-order valence-corrected chi connectivity index (χ1v) is 14.1. The zero-order valence-electron chi connectivity index (χ0n) is 20.9. The number of hydrogen-bond acceptors (Lipinski definition) is 4. The number of sulfonamides is 1. The first-order valence-electron chi connectivity index (χ1n) is 11.8. The zero-order valence-corrected chi connectivity index (χ0v) is 22.5. The quantitative estimate of drug-likeness (QED) is 0.429. The number of nitrogens with one attached hydrogen (secondary N) is 1. The Kier molecular flexibility index (Phi) is 11.0. The van der Waals surface area contributed by atoms with Crippen LogP contribution in [0.25, 0.3) is 0 Å². The Labute approximate surface area is 214 Å². The van der Waals surface area contributed by atoms with E-state index in [2.05, 4.69) is 5.32 Å². The fraction of sp³-hybridized carbons (Fsp3) is 0.462. The van der Waals surface area contributed by atoms with E-state index in [1.807, 2.05) is 44.2 Å². The SMILES string of the molecule is CC(C)CNC(=O)[C@H](C)N(CCc1ccccc1)C(=O)CCCN(c1cccc(Cl)c1)S(C)(=O)=O. The monoisotopic (exact) mass is 521 g/mol. The molecule has 0 fully saturated rings. The van der Waals surface area contributed by atoms with Gasteiger partial charge in [-0.25, -0.2) is 8.42 Å². The van der Waals surface area contributed by atoms with Gasteiger partial charge >= 0.3 is 0 Å². The van der Waals surface area contributed by atoms with Gasteiger partial charge in [-0.3, -0.25) is 13.9 Å². The number of nitrogens with zero attached hydrogens (tertiary/aromatic N) is 2. The van der Waals surface area contributed by atoms with Crippen LogP contribution in [-0.2, 0) is 26.0 Å². The molecule has 9 heteroatoms. The molecule has 0 radical (unpaired) electrons. The molecule has 2 aromatic rings. The van der Waals surface area contributed by atoms with Crippen LogP contribution in [0, 0.1) is 5.92 Å². The second-order valence-corrected chi connectivity index (χ2v) is 11.4. The third-order valence-corrected chi connectivity index (χ3v) is 7.01. The molecule has 192 valence electrons.